The van der Waals surface area contributed by atoms with Crippen LogP contribution in [0.2, 0.25) is 0 Å². The maximum atomic E-state index is 11.3. The lowest BCUT2D eigenvalue weighted by Crippen LogP contribution is -2.34. The molecule has 1 N–H and O–H groups in total. The third kappa shape index (κ3) is 7.20. The topological polar surface area (TPSA) is 29.1 Å². The molecular weight excluding hydrogens is 206 g/mol. The van der Waals surface area contributed by atoms with Gasteiger partial charge in [-0.05, 0) is 19.1 Å². The molecule has 1 atom stereocenters. The third-order valence-corrected chi connectivity index (χ3v) is 2.68. The minimum Gasteiger partial charge on any atom is -0.353 e. The van der Waals surface area contributed by atoms with Crippen LogP contribution in [0.1, 0.15) is 26.2 Å². The van der Waals surface area contributed by atoms with Crippen molar-refractivity contribution >= 4 is 29.3 Å². The van der Waals surface area contributed by atoms with Crippen LogP contribution in [0.15, 0.2) is 0 Å². The Kier molecular flexibility index (Phi) is 8.77. The predicted molar refractivity (Wildman–Crippen MR) is 60.6 cm³/mol. The fraction of sp³-hybridized carbons (Fsp3) is 0.889. The summed E-state index contributed by atoms with van der Waals surface area (Å²) in [4.78, 5) is 11.3. The van der Waals surface area contributed by atoms with Crippen LogP contribution in [0.4, 0.5) is 0 Å². The SMILES string of the molecule is CCC(CCCl)NC(=O)CCSC. The van der Waals surface area contributed by atoms with E-state index in [1.165, 1.54) is 0 Å². The van der Waals surface area contributed by atoms with Crippen molar-refractivity contribution in [3.63, 3.8) is 0 Å². The Morgan fingerprint density at radius 3 is 2.77 bits per heavy atom. The molecule has 0 heterocycles. The highest BCUT2D eigenvalue weighted by atomic mass is 35.5. The molecule has 0 saturated carbocycles. The average Bonchev–Trinajstić information content (AvgIpc) is 2.14. The summed E-state index contributed by atoms with van der Waals surface area (Å²) in [5.41, 5.74) is 0. The number of hydrogen-bond donors (Lipinski definition) is 1. The van der Waals surface area contributed by atoms with Gasteiger partial charge in [0.1, 0.15) is 0 Å². The summed E-state index contributed by atoms with van der Waals surface area (Å²) in [7, 11) is 0. The number of alkyl halides is 1. The summed E-state index contributed by atoms with van der Waals surface area (Å²) in [6.45, 7) is 2.06. The van der Waals surface area contributed by atoms with Crippen LogP contribution in [0.3, 0.4) is 0 Å². The van der Waals surface area contributed by atoms with Crippen molar-refractivity contribution in [2.45, 2.75) is 32.2 Å². The van der Waals surface area contributed by atoms with Crippen molar-refractivity contribution < 1.29 is 4.79 Å². The molecule has 1 amide bonds. The van der Waals surface area contributed by atoms with E-state index in [9.17, 15) is 4.79 Å². The first-order chi connectivity index (χ1) is 6.24. The molecule has 4 heteroatoms. The first-order valence-electron chi connectivity index (χ1n) is 4.58. The van der Waals surface area contributed by atoms with Crippen LogP contribution >= 0.6 is 23.4 Å². The van der Waals surface area contributed by atoms with Gasteiger partial charge in [-0.1, -0.05) is 6.92 Å². The lowest BCUT2D eigenvalue weighted by atomic mass is 10.1. The number of hydrogen-bond acceptors (Lipinski definition) is 2. The van der Waals surface area contributed by atoms with Gasteiger partial charge < -0.3 is 5.32 Å². The van der Waals surface area contributed by atoms with Crippen LogP contribution in [0, 0.1) is 0 Å². The molecule has 0 aliphatic rings. The minimum atomic E-state index is 0.145. The Morgan fingerprint density at radius 2 is 2.31 bits per heavy atom. The van der Waals surface area contributed by atoms with Gasteiger partial charge in [-0.2, -0.15) is 11.8 Å². The van der Waals surface area contributed by atoms with Gasteiger partial charge in [0.2, 0.25) is 5.91 Å². The Balaban J connectivity index is 3.60. The standard InChI is InChI=1S/C9H18ClNOS/c1-3-8(4-6-10)11-9(12)5-7-13-2/h8H,3-7H2,1-2H3,(H,11,12). The van der Waals surface area contributed by atoms with Gasteiger partial charge in [0.25, 0.3) is 0 Å². The van der Waals surface area contributed by atoms with Gasteiger partial charge in [-0.3, -0.25) is 4.79 Å². The zero-order valence-corrected chi connectivity index (χ0v) is 9.88. The van der Waals surface area contributed by atoms with Crippen LogP contribution in [-0.4, -0.2) is 29.8 Å². The van der Waals surface area contributed by atoms with E-state index in [-0.39, 0.29) is 11.9 Å². The van der Waals surface area contributed by atoms with Crippen LogP contribution in [0.5, 0.6) is 0 Å². The maximum absolute atomic E-state index is 11.3. The summed E-state index contributed by atoms with van der Waals surface area (Å²) in [5, 5.41) is 2.97. The Labute approximate surface area is 89.8 Å². The molecule has 0 aromatic rings. The largest absolute Gasteiger partial charge is 0.353 e. The average molecular weight is 224 g/mol. The lowest BCUT2D eigenvalue weighted by Gasteiger charge is -2.15. The number of nitrogens with one attached hydrogen (secondary N) is 1. The third-order valence-electron chi connectivity index (χ3n) is 1.85. The fourth-order valence-electron chi connectivity index (χ4n) is 1.00. The highest BCUT2D eigenvalue weighted by Crippen LogP contribution is 2.01. The molecule has 0 aliphatic carbocycles. The second-order valence-electron chi connectivity index (χ2n) is 2.89. The fourth-order valence-corrected chi connectivity index (χ4v) is 1.66. The number of halogens is 1. The van der Waals surface area contributed by atoms with Crippen LogP contribution in [0.25, 0.3) is 0 Å². The number of thioether (sulfide) groups is 1. The van der Waals surface area contributed by atoms with Crippen LogP contribution < -0.4 is 5.32 Å². The minimum absolute atomic E-state index is 0.145. The van der Waals surface area contributed by atoms with Crippen molar-refractivity contribution in [1.29, 1.82) is 0 Å². The molecule has 0 radical (unpaired) electrons. The van der Waals surface area contributed by atoms with Gasteiger partial charge in [0, 0.05) is 24.1 Å². The number of amides is 1. The van der Waals surface area contributed by atoms with E-state index < -0.39 is 0 Å². The Bertz CT molecular complexity index is 144. The second kappa shape index (κ2) is 8.70. The Morgan fingerprint density at radius 1 is 1.62 bits per heavy atom. The molecule has 2 nitrogen and oxygen atoms in total. The summed E-state index contributed by atoms with van der Waals surface area (Å²) in [5.74, 6) is 1.65. The monoisotopic (exact) mass is 223 g/mol. The van der Waals surface area contributed by atoms with E-state index in [4.69, 9.17) is 11.6 Å². The van der Waals surface area contributed by atoms with Crippen molar-refractivity contribution in [2.75, 3.05) is 17.9 Å². The van der Waals surface area contributed by atoms with Gasteiger partial charge in [-0.15, -0.1) is 11.6 Å². The van der Waals surface area contributed by atoms with E-state index in [0.29, 0.717) is 12.3 Å². The van der Waals surface area contributed by atoms with Crippen LogP contribution in [-0.2, 0) is 4.79 Å². The Hall–Kier alpha value is 0.110. The van der Waals surface area contributed by atoms with Gasteiger partial charge in [0.15, 0.2) is 0 Å². The highest BCUT2D eigenvalue weighted by molar-refractivity contribution is 7.98. The van der Waals surface area contributed by atoms with Crippen molar-refractivity contribution in [3.8, 4) is 0 Å². The van der Waals surface area contributed by atoms with Gasteiger partial charge >= 0.3 is 0 Å². The van der Waals surface area contributed by atoms with E-state index in [1.807, 2.05) is 6.26 Å². The molecule has 0 saturated heterocycles. The predicted octanol–water partition coefficient (Wildman–Crippen LogP) is 2.26. The smallest absolute Gasteiger partial charge is 0.221 e. The highest BCUT2D eigenvalue weighted by Gasteiger charge is 2.08. The second-order valence-corrected chi connectivity index (χ2v) is 4.26. The molecule has 0 spiro atoms. The van der Waals surface area contributed by atoms with E-state index >= 15 is 0 Å². The molecule has 0 bridgehead atoms. The van der Waals surface area contributed by atoms with Crippen molar-refractivity contribution in [1.82, 2.24) is 5.32 Å². The molecule has 13 heavy (non-hydrogen) atoms. The number of carbonyl (C=O) groups is 1. The van der Waals surface area contributed by atoms with E-state index in [2.05, 4.69) is 12.2 Å². The zero-order chi connectivity index (χ0) is 10.1. The number of rotatable bonds is 7. The van der Waals surface area contributed by atoms with Gasteiger partial charge in [-0.25, -0.2) is 0 Å². The molecule has 0 aromatic heterocycles. The summed E-state index contributed by atoms with van der Waals surface area (Å²) < 4.78 is 0. The summed E-state index contributed by atoms with van der Waals surface area (Å²) in [6, 6.07) is 0.256. The van der Waals surface area contributed by atoms with Crippen molar-refractivity contribution in [2.24, 2.45) is 0 Å². The van der Waals surface area contributed by atoms with Crippen molar-refractivity contribution in [3.05, 3.63) is 0 Å². The summed E-state index contributed by atoms with van der Waals surface area (Å²) >= 11 is 7.30. The van der Waals surface area contributed by atoms with E-state index in [1.54, 1.807) is 11.8 Å². The first-order valence-corrected chi connectivity index (χ1v) is 6.51. The zero-order valence-electron chi connectivity index (χ0n) is 8.31. The van der Waals surface area contributed by atoms with E-state index in [0.717, 1.165) is 18.6 Å². The lowest BCUT2D eigenvalue weighted by molar-refractivity contribution is -0.121. The summed E-state index contributed by atoms with van der Waals surface area (Å²) in [6.07, 6.45) is 4.43. The molecule has 0 rings (SSSR count). The number of carbonyl (C=O) groups excluding carboxylic acids is 1. The quantitative estimate of drug-likeness (QED) is 0.671. The first kappa shape index (κ1) is 13.1. The molecule has 78 valence electrons. The maximum Gasteiger partial charge on any atom is 0.221 e. The molecule has 0 aromatic carbocycles. The molecule has 0 fully saturated rings. The normalized spacial score (nSPS) is 12.5. The molecule has 0 aliphatic heterocycles. The molecule has 1 unspecified atom stereocenters. The molecular formula is C9H18ClNOS. The van der Waals surface area contributed by atoms with Gasteiger partial charge in [0.05, 0.1) is 0 Å².